The Morgan fingerprint density at radius 1 is 1.17 bits per heavy atom. The summed E-state index contributed by atoms with van der Waals surface area (Å²) in [6, 6.07) is 9.31. The van der Waals surface area contributed by atoms with Gasteiger partial charge in [0.05, 0.1) is 7.11 Å². The third-order valence-electron chi connectivity index (χ3n) is 4.98. The molecule has 1 saturated carbocycles. The van der Waals surface area contributed by atoms with Crippen LogP contribution in [0, 0.1) is 5.92 Å². The first kappa shape index (κ1) is 22.5. The maximum Gasteiger partial charge on any atom is 0.408 e. The summed E-state index contributed by atoms with van der Waals surface area (Å²) < 4.78 is 10.1. The molecule has 0 bridgehead atoms. The minimum Gasteiger partial charge on any atom is -0.481 e. The van der Waals surface area contributed by atoms with Gasteiger partial charge in [-0.1, -0.05) is 55.3 Å². The Morgan fingerprint density at radius 3 is 2.59 bits per heavy atom. The van der Waals surface area contributed by atoms with E-state index in [9.17, 15) is 14.4 Å². The molecule has 1 amide bonds. The van der Waals surface area contributed by atoms with Gasteiger partial charge in [0.1, 0.15) is 12.1 Å². The fourth-order valence-corrected chi connectivity index (χ4v) is 3.23. The molecule has 29 heavy (non-hydrogen) atoms. The van der Waals surface area contributed by atoms with Crippen LogP contribution in [-0.2, 0) is 25.7 Å². The summed E-state index contributed by atoms with van der Waals surface area (Å²) in [5.74, 6) is -1.35. The van der Waals surface area contributed by atoms with Crippen LogP contribution in [0.3, 0.4) is 0 Å². The number of carboxylic acid groups (broad SMARTS) is 1. The van der Waals surface area contributed by atoms with E-state index in [0.717, 1.165) is 31.2 Å². The van der Waals surface area contributed by atoms with E-state index in [1.54, 1.807) is 0 Å². The van der Waals surface area contributed by atoms with Gasteiger partial charge in [0, 0.05) is 12.3 Å². The van der Waals surface area contributed by atoms with E-state index < -0.39 is 23.6 Å². The molecule has 0 heterocycles. The molecule has 7 heteroatoms. The van der Waals surface area contributed by atoms with Crippen molar-refractivity contribution in [3.8, 4) is 0 Å². The Morgan fingerprint density at radius 2 is 1.90 bits per heavy atom. The first-order chi connectivity index (χ1) is 14.0. The van der Waals surface area contributed by atoms with Crippen molar-refractivity contribution < 1.29 is 29.0 Å². The van der Waals surface area contributed by atoms with E-state index in [1.165, 1.54) is 7.11 Å². The van der Waals surface area contributed by atoms with E-state index in [2.05, 4.69) is 5.32 Å². The lowest BCUT2D eigenvalue weighted by Gasteiger charge is -2.16. The number of nitrogens with one attached hydrogen (secondary N) is 1. The number of carboxylic acids is 1. The average Bonchev–Trinajstić information content (AvgIpc) is 3.41. The van der Waals surface area contributed by atoms with Crippen molar-refractivity contribution in [3.05, 3.63) is 48.0 Å². The Balaban J connectivity index is 1.74. The molecular formula is C22H29NO6. The van der Waals surface area contributed by atoms with E-state index in [-0.39, 0.29) is 18.9 Å². The Bertz CT molecular complexity index is 717. The van der Waals surface area contributed by atoms with Gasteiger partial charge in [0.15, 0.2) is 0 Å². The number of esters is 1. The number of ether oxygens (including phenoxy) is 2. The van der Waals surface area contributed by atoms with Gasteiger partial charge >= 0.3 is 18.0 Å². The molecule has 2 atom stereocenters. The number of hydrogen-bond donors (Lipinski definition) is 2. The van der Waals surface area contributed by atoms with Gasteiger partial charge in [-0.05, 0) is 31.2 Å². The predicted molar refractivity (Wildman–Crippen MR) is 107 cm³/mol. The highest BCUT2D eigenvalue weighted by atomic mass is 16.6. The van der Waals surface area contributed by atoms with Gasteiger partial charge < -0.3 is 19.9 Å². The zero-order chi connectivity index (χ0) is 21.1. The number of allylic oxidation sites excluding steroid dienone is 1. The fourth-order valence-electron chi connectivity index (χ4n) is 3.23. The molecule has 0 aromatic heterocycles. The van der Waals surface area contributed by atoms with Crippen LogP contribution in [0.5, 0.6) is 0 Å². The van der Waals surface area contributed by atoms with Crippen LogP contribution in [-0.4, -0.2) is 35.8 Å². The number of unbranched alkanes of at least 4 members (excludes halogenated alkanes) is 4. The lowest BCUT2D eigenvalue weighted by atomic mass is 10.1. The van der Waals surface area contributed by atoms with Crippen LogP contribution in [0.15, 0.2) is 42.5 Å². The number of hydrogen-bond acceptors (Lipinski definition) is 5. The van der Waals surface area contributed by atoms with Crippen molar-refractivity contribution in [1.29, 1.82) is 0 Å². The van der Waals surface area contributed by atoms with Crippen molar-refractivity contribution in [2.24, 2.45) is 5.92 Å². The number of amides is 1. The summed E-state index contributed by atoms with van der Waals surface area (Å²) in [5.41, 5.74) is -0.189. The molecule has 158 valence electrons. The zero-order valence-corrected chi connectivity index (χ0v) is 16.8. The summed E-state index contributed by atoms with van der Waals surface area (Å²) in [4.78, 5) is 34.8. The third kappa shape index (κ3) is 7.25. The number of alkyl carbamates (subject to hydrolysis) is 1. The standard InChI is InChI=1S/C22H29NO6/c1-28-20(26)22(23-21(27)29-16-17-11-7-6-8-12-17)15-18(22)13-9-4-2-3-5-10-14-19(24)25/h6-9,11-13,18H,2-5,10,14-16H2,1H3,(H,23,27)(H,24,25)/b13-9+. The second-order valence-corrected chi connectivity index (χ2v) is 7.24. The summed E-state index contributed by atoms with van der Waals surface area (Å²) >= 11 is 0. The van der Waals surface area contributed by atoms with E-state index >= 15 is 0 Å². The maximum atomic E-state index is 12.2. The Labute approximate surface area is 171 Å². The summed E-state index contributed by atoms with van der Waals surface area (Å²) in [7, 11) is 1.30. The number of rotatable bonds is 12. The van der Waals surface area contributed by atoms with Crippen LogP contribution < -0.4 is 5.32 Å². The number of methoxy groups -OCH3 is 1. The maximum absolute atomic E-state index is 12.2. The monoisotopic (exact) mass is 403 g/mol. The topological polar surface area (TPSA) is 102 Å². The molecule has 0 spiro atoms. The smallest absolute Gasteiger partial charge is 0.408 e. The molecule has 1 fully saturated rings. The first-order valence-corrected chi connectivity index (χ1v) is 9.93. The first-order valence-electron chi connectivity index (χ1n) is 9.93. The summed E-state index contributed by atoms with van der Waals surface area (Å²) in [6.45, 7) is 0.131. The normalized spacial score (nSPS) is 20.2. The van der Waals surface area contributed by atoms with Crippen molar-refractivity contribution in [3.63, 3.8) is 0 Å². The largest absolute Gasteiger partial charge is 0.481 e. The SMILES string of the molecule is COC(=O)C1(NC(=O)OCc2ccccc2)CC1/C=C/CCCCCCC(=O)O. The zero-order valence-electron chi connectivity index (χ0n) is 16.8. The minimum absolute atomic E-state index is 0.119. The molecule has 0 radical (unpaired) electrons. The van der Waals surface area contributed by atoms with E-state index in [4.69, 9.17) is 14.6 Å². The molecule has 2 N–H and O–H groups in total. The van der Waals surface area contributed by atoms with Gasteiger partial charge in [-0.25, -0.2) is 9.59 Å². The highest BCUT2D eigenvalue weighted by Crippen LogP contribution is 2.45. The number of carbonyl (C=O) groups excluding carboxylic acids is 2. The van der Waals surface area contributed by atoms with Crippen LogP contribution in [0.2, 0.25) is 0 Å². The molecule has 1 aromatic carbocycles. The lowest BCUT2D eigenvalue weighted by molar-refractivity contribution is -0.144. The second kappa shape index (κ2) is 11.2. The molecule has 2 rings (SSSR count). The van der Waals surface area contributed by atoms with Crippen LogP contribution in [0.1, 0.15) is 50.5 Å². The van der Waals surface area contributed by atoms with Crippen LogP contribution >= 0.6 is 0 Å². The number of aliphatic carboxylic acids is 1. The number of carbonyl (C=O) groups is 3. The Hall–Kier alpha value is -2.83. The minimum atomic E-state index is -1.06. The highest BCUT2D eigenvalue weighted by Gasteiger charge is 2.61. The molecule has 0 saturated heterocycles. The van der Waals surface area contributed by atoms with E-state index in [1.807, 2.05) is 42.5 Å². The highest BCUT2D eigenvalue weighted by molar-refractivity contribution is 5.90. The van der Waals surface area contributed by atoms with Gasteiger partial charge in [0.2, 0.25) is 0 Å². The molecule has 1 aliphatic carbocycles. The van der Waals surface area contributed by atoms with Crippen molar-refractivity contribution in [1.82, 2.24) is 5.32 Å². The Kier molecular flexibility index (Phi) is 8.70. The van der Waals surface area contributed by atoms with Crippen LogP contribution in [0.25, 0.3) is 0 Å². The second-order valence-electron chi connectivity index (χ2n) is 7.24. The van der Waals surface area contributed by atoms with E-state index in [0.29, 0.717) is 12.8 Å². The summed E-state index contributed by atoms with van der Waals surface area (Å²) in [6.07, 6.45) is 8.35. The van der Waals surface area contributed by atoms with Gasteiger partial charge in [-0.2, -0.15) is 0 Å². The van der Waals surface area contributed by atoms with Crippen molar-refractivity contribution in [2.75, 3.05) is 7.11 Å². The van der Waals surface area contributed by atoms with Gasteiger partial charge in [-0.15, -0.1) is 0 Å². The van der Waals surface area contributed by atoms with Gasteiger partial charge in [-0.3, -0.25) is 4.79 Å². The molecule has 2 unspecified atom stereocenters. The molecule has 1 aliphatic rings. The number of benzene rings is 1. The molecule has 7 nitrogen and oxygen atoms in total. The molecule has 1 aromatic rings. The fraction of sp³-hybridized carbons (Fsp3) is 0.500. The predicted octanol–water partition coefficient (Wildman–Crippen LogP) is 3.83. The lowest BCUT2D eigenvalue weighted by Crippen LogP contribution is -2.45. The third-order valence-corrected chi connectivity index (χ3v) is 4.98. The van der Waals surface area contributed by atoms with Crippen LogP contribution in [0.4, 0.5) is 4.79 Å². The summed E-state index contributed by atoms with van der Waals surface area (Å²) in [5, 5.41) is 11.3. The molecule has 0 aliphatic heterocycles. The van der Waals surface area contributed by atoms with Crippen molar-refractivity contribution in [2.45, 2.75) is 57.1 Å². The average molecular weight is 403 g/mol. The van der Waals surface area contributed by atoms with Crippen molar-refractivity contribution >= 4 is 18.0 Å². The van der Waals surface area contributed by atoms with Gasteiger partial charge in [0.25, 0.3) is 0 Å². The quantitative estimate of drug-likeness (QED) is 0.312. The molecular weight excluding hydrogens is 374 g/mol.